The van der Waals surface area contributed by atoms with Crippen LogP contribution >= 0.6 is 56.7 Å². The highest BCUT2D eigenvalue weighted by Crippen LogP contribution is 2.45. The number of rotatable bonds is 4. The first-order chi connectivity index (χ1) is 9.97. The molecule has 1 aromatic rings. The monoisotopic (exact) mass is 500 g/mol. The predicted molar refractivity (Wildman–Crippen MR) is 97.7 cm³/mol. The molecule has 0 aliphatic carbocycles. The fraction of sp³-hybridized carbons (Fsp3) is 0.538. The summed E-state index contributed by atoms with van der Waals surface area (Å²) in [5.74, 6) is 0.0577. The van der Waals surface area contributed by atoms with Crippen LogP contribution in [0.25, 0.3) is 0 Å². The summed E-state index contributed by atoms with van der Waals surface area (Å²) >= 11 is 6.50. The average Bonchev–Trinajstić information content (AvgIpc) is 2.48. The van der Waals surface area contributed by atoms with Gasteiger partial charge in [-0.2, -0.15) is 0 Å². The average molecular weight is 503 g/mol. The van der Waals surface area contributed by atoms with E-state index >= 15 is 0 Å². The Bertz CT molecular complexity index is 521. The number of nitrogens with one attached hydrogen (secondary N) is 1. The second-order valence-corrected chi connectivity index (χ2v) is 6.30. The zero-order valence-electron chi connectivity index (χ0n) is 12.2. The van der Waals surface area contributed by atoms with Gasteiger partial charge < -0.3 is 15.2 Å². The Morgan fingerprint density at radius 3 is 2.26 bits per heavy atom. The molecule has 1 aliphatic rings. The van der Waals surface area contributed by atoms with Crippen molar-refractivity contribution >= 4 is 56.7 Å². The van der Waals surface area contributed by atoms with Gasteiger partial charge in [0.2, 0.25) is 0 Å². The molecule has 0 bridgehead atoms. The summed E-state index contributed by atoms with van der Waals surface area (Å²) in [5.41, 5.74) is 0.397. The van der Waals surface area contributed by atoms with E-state index in [1.165, 1.54) is 13.2 Å². The molecule has 134 valence electrons. The zero-order chi connectivity index (χ0) is 15.6. The van der Waals surface area contributed by atoms with E-state index in [0.717, 1.165) is 0 Å². The molecule has 2 N–H and O–H groups in total. The van der Waals surface area contributed by atoms with Gasteiger partial charge in [-0.15, -0.1) is 24.8 Å². The lowest BCUT2D eigenvalue weighted by Crippen LogP contribution is -2.47. The van der Waals surface area contributed by atoms with Gasteiger partial charge in [0.25, 0.3) is 6.43 Å². The number of hydrogen-bond donors (Lipinski definition) is 2. The molecule has 0 unspecified atom stereocenters. The number of nitrogens with zero attached hydrogens (tertiary/aromatic N) is 1. The number of aromatic hydroxyl groups is 1. The molecule has 1 aliphatic heterocycles. The van der Waals surface area contributed by atoms with Crippen LogP contribution in [0, 0.1) is 0 Å². The smallest absolute Gasteiger partial charge is 0.258 e. The molecule has 1 atom stereocenters. The summed E-state index contributed by atoms with van der Waals surface area (Å²) < 4.78 is 33.0. The minimum atomic E-state index is -2.54. The maximum absolute atomic E-state index is 13.6. The van der Waals surface area contributed by atoms with Crippen LogP contribution in [0.5, 0.6) is 11.5 Å². The van der Waals surface area contributed by atoms with Crippen LogP contribution in [0.2, 0.25) is 0 Å². The maximum Gasteiger partial charge on any atom is 0.258 e. The van der Waals surface area contributed by atoms with E-state index in [1.54, 1.807) is 4.90 Å². The lowest BCUT2D eigenvalue weighted by atomic mass is 10.0. The third-order valence-electron chi connectivity index (χ3n) is 3.50. The van der Waals surface area contributed by atoms with Gasteiger partial charge in [-0.25, -0.2) is 8.78 Å². The second kappa shape index (κ2) is 10.2. The number of ether oxygens (including phenoxy) is 1. The van der Waals surface area contributed by atoms with Crippen molar-refractivity contribution in [1.82, 2.24) is 10.2 Å². The van der Waals surface area contributed by atoms with Gasteiger partial charge in [-0.05, 0) is 43.5 Å². The van der Waals surface area contributed by atoms with Crippen LogP contribution in [0.15, 0.2) is 15.0 Å². The molecule has 1 heterocycles. The predicted octanol–water partition coefficient (Wildman–Crippen LogP) is 3.98. The van der Waals surface area contributed by atoms with E-state index in [4.69, 9.17) is 4.74 Å². The highest BCUT2D eigenvalue weighted by atomic mass is 79.9. The van der Waals surface area contributed by atoms with Crippen LogP contribution in [-0.2, 0) is 0 Å². The first-order valence-electron chi connectivity index (χ1n) is 6.45. The zero-order valence-corrected chi connectivity index (χ0v) is 17.0. The third kappa shape index (κ3) is 5.06. The molecule has 0 spiro atoms. The van der Waals surface area contributed by atoms with Crippen LogP contribution < -0.4 is 10.1 Å². The second-order valence-electron chi connectivity index (χ2n) is 4.71. The van der Waals surface area contributed by atoms with Crippen LogP contribution in [0.4, 0.5) is 8.78 Å². The Hall–Kier alpha value is 0.140. The standard InChI is InChI=1S/C13H16Br2F2N2O2.2ClH/c1-21-8-6-7(9(14)10(15)12(8)20)11(13(16)17)19-4-2-18-3-5-19;;/h6,11,13,18,20H,2-5H2,1H3;2*1H/t11-;;/m1../s1. The molecular weight excluding hydrogens is 485 g/mol. The topological polar surface area (TPSA) is 44.7 Å². The van der Waals surface area contributed by atoms with Crippen molar-refractivity contribution in [1.29, 1.82) is 0 Å². The molecule has 1 fully saturated rings. The number of phenols is 1. The Morgan fingerprint density at radius 2 is 1.78 bits per heavy atom. The molecule has 10 heteroatoms. The van der Waals surface area contributed by atoms with E-state index in [1.807, 2.05) is 0 Å². The first kappa shape index (κ1) is 23.1. The molecule has 1 aromatic carbocycles. The minimum absolute atomic E-state index is 0. The largest absolute Gasteiger partial charge is 0.503 e. The van der Waals surface area contributed by atoms with Crippen molar-refractivity contribution in [3.05, 3.63) is 20.6 Å². The summed E-state index contributed by atoms with van der Waals surface area (Å²) in [6, 6.07) is 0.413. The number of benzene rings is 1. The lowest BCUT2D eigenvalue weighted by molar-refractivity contribution is 0.0177. The van der Waals surface area contributed by atoms with Gasteiger partial charge in [0.05, 0.1) is 17.6 Å². The highest BCUT2D eigenvalue weighted by molar-refractivity contribution is 9.13. The summed E-state index contributed by atoms with van der Waals surface area (Å²) in [5, 5.41) is 13.1. The van der Waals surface area contributed by atoms with E-state index in [2.05, 4.69) is 37.2 Å². The van der Waals surface area contributed by atoms with Crippen LogP contribution in [-0.4, -0.2) is 49.7 Å². The summed E-state index contributed by atoms with van der Waals surface area (Å²) in [6.45, 7) is 2.44. The number of phenolic OH excluding ortho intramolecular Hbond substituents is 1. The highest BCUT2D eigenvalue weighted by Gasteiger charge is 2.33. The van der Waals surface area contributed by atoms with E-state index in [0.29, 0.717) is 40.7 Å². The SMILES string of the molecule is COc1cc([C@H](C(F)F)N2CCNCC2)c(Br)c(Br)c1O.Cl.Cl. The van der Waals surface area contributed by atoms with Gasteiger partial charge in [0, 0.05) is 30.7 Å². The molecule has 23 heavy (non-hydrogen) atoms. The van der Waals surface area contributed by atoms with Crippen LogP contribution in [0.1, 0.15) is 11.6 Å². The van der Waals surface area contributed by atoms with Crippen molar-refractivity contribution < 1.29 is 18.6 Å². The number of halogens is 6. The van der Waals surface area contributed by atoms with Gasteiger partial charge >= 0.3 is 0 Å². The Labute approximate surface area is 163 Å². The Balaban J connectivity index is 0.00000242. The molecule has 0 aromatic heterocycles. The summed E-state index contributed by atoms with van der Waals surface area (Å²) in [4.78, 5) is 1.74. The summed E-state index contributed by atoms with van der Waals surface area (Å²) in [7, 11) is 1.39. The van der Waals surface area contributed by atoms with Crippen molar-refractivity contribution in [3.8, 4) is 11.5 Å². The van der Waals surface area contributed by atoms with E-state index < -0.39 is 12.5 Å². The molecular formula is C13H18Br2Cl2F2N2O2. The lowest BCUT2D eigenvalue weighted by Gasteiger charge is -2.35. The summed E-state index contributed by atoms with van der Waals surface area (Å²) in [6.07, 6.45) is -2.54. The molecule has 2 rings (SSSR count). The first-order valence-corrected chi connectivity index (χ1v) is 8.03. The Kier molecular flexibility index (Phi) is 10.3. The molecule has 4 nitrogen and oxygen atoms in total. The van der Waals surface area contributed by atoms with E-state index in [9.17, 15) is 13.9 Å². The number of piperazine rings is 1. The van der Waals surface area contributed by atoms with Crippen LogP contribution in [0.3, 0.4) is 0 Å². The normalized spacial score (nSPS) is 16.4. The van der Waals surface area contributed by atoms with Gasteiger partial charge in [-0.3, -0.25) is 4.90 Å². The van der Waals surface area contributed by atoms with Crippen molar-refractivity contribution in [2.24, 2.45) is 0 Å². The fourth-order valence-electron chi connectivity index (χ4n) is 2.43. The quantitative estimate of drug-likeness (QED) is 0.654. The molecule has 0 amide bonds. The van der Waals surface area contributed by atoms with E-state index in [-0.39, 0.29) is 36.3 Å². The van der Waals surface area contributed by atoms with Crippen molar-refractivity contribution in [2.45, 2.75) is 12.5 Å². The molecule has 0 radical (unpaired) electrons. The van der Waals surface area contributed by atoms with Gasteiger partial charge in [-0.1, -0.05) is 0 Å². The minimum Gasteiger partial charge on any atom is -0.503 e. The van der Waals surface area contributed by atoms with Gasteiger partial charge in [0.15, 0.2) is 11.5 Å². The molecule has 1 saturated heterocycles. The number of hydrogen-bond acceptors (Lipinski definition) is 4. The maximum atomic E-state index is 13.6. The Morgan fingerprint density at radius 1 is 1.22 bits per heavy atom. The third-order valence-corrected chi connectivity index (χ3v) is 5.65. The number of alkyl halides is 2. The van der Waals surface area contributed by atoms with Crippen molar-refractivity contribution in [2.75, 3.05) is 33.3 Å². The fourth-order valence-corrected chi connectivity index (χ4v) is 3.40. The van der Waals surface area contributed by atoms with Crippen molar-refractivity contribution in [3.63, 3.8) is 0 Å². The van der Waals surface area contributed by atoms with Gasteiger partial charge in [0.1, 0.15) is 0 Å². The molecule has 0 saturated carbocycles. The number of methoxy groups -OCH3 is 1.